The molecule has 0 aliphatic heterocycles. The fourth-order valence-corrected chi connectivity index (χ4v) is 6.18. The van der Waals surface area contributed by atoms with E-state index in [1.54, 1.807) is 6.33 Å². The molecule has 0 N–H and O–H groups in total. The average Bonchev–Trinajstić information content (AvgIpc) is 3.17. The van der Waals surface area contributed by atoms with Crippen molar-refractivity contribution in [2.75, 3.05) is 0 Å². The van der Waals surface area contributed by atoms with Crippen LogP contribution in [0.3, 0.4) is 0 Å². The van der Waals surface area contributed by atoms with Crippen LogP contribution >= 0.6 is 0 Å². The molecule has 0 aliphatic carbocycles. The lowest BCUT2D eigenvalue weighted by molar-refractivity contribution is 0.413. The van der Waals surface area contributed by atoms with Crippen LogP contribution in [-0.4, -0.2) is 14.4 Å². The molecule has 35 heavy (non-hydrogen) atoms. The van der Waals surface area contributed by atoms with Gasteiger partial charge in [-0.1, -0.05) is 77.1 Å². The minimum absolute atomic E-state index is 0.140. The molecule has 3 heteroatoms. The van der Waals surface area contributed by atoms with Gasteiger partial charge in [-0.05, 0) is 57.9 Å². The molecule has 0 saturated carbocycles. The Labute approximate surface area is 204 Å². The van der Waals surface area contributed by atoms with E-state index >= 15 is 0 Å². The van der Waals surface area contributed by atoms with Gasteiger partial charge in [0, 0.05) is 16.2 Å². The minimum Gasteiger partial charge on any atom is -0.307 e. The SMILES string of the molecule is CC(C)c1cc2ncnc3c4cc5ccccc5c(CC(C)(C)C)c4n4c5ccccc5c1c4c23. The lowest BCUT2D eigenvalue weighted by Crippen LogP contribution is -2.11. The molecule has 3 heterocycles. The lowest BCUT2D eigenvalue weighted by Gasteiger charge is -2.23. The number of nitrogens with zero attached hydrogens (tertiary/aromatic N) is 3. The number of fused-ring (bicyclic) bond motifs is 7. The molecule has 3 nitrogen and oxygen atoms in total. The van der Waals surface area contributed by atoms with Crippen LogP contribution in [0.4, 0.5) is 0 Å². The predicted molar refractivity (Wildman–Crippen MR) is 149 cm³/mol. The van der Waals surface area contributed by atoms with Gasteiger partial charge in [0.1, 0.15) is 6.33 Å². The number of para-hydroxylation sites is 1. The molecular formula is C32H29N3. The van der Waals surface area contributed by atoms with Crippen molar-refractivity contribution in [2.45, 2.75) is 47.0 Å². The Hall–Kier alpha value is -3.72. The smallest absolute Gasteiger partial charge is 0.116 e. The summed E-state index contributed by atoms with van der Waals surface area (Å²) < 4.78 is 2.54. The van der Waals surface area contributed by atoms with Gasteiger partial charge < -0.3 is 4.40 Å². The summed E-state index contributed by atoms with van der Waals surface area (Å²) in [5, 5.41) is 7.65. The van der Waals surface area contributed by atoms with Gasteiger partial charge in [-0.3, -0.25) is 0 Å². The number of rotatable bonds is 2. The molecule has 0 fully saturated rings. The van der Waals surface area contributed by atoms with Crippen LogP contribution in [0.1, 0.15) is 51.7 Å². The largest absolute Gasteiger partial charge is 0.307 e. The Morgan fingerprint density at radius 2 is 1.54 bits per heavy atom. The number of benzene rings is 4. The molecule has 0 saturated heterocycles. The summed E-state index contributed by atoms with van der Waals surface area (Å²) in [6.07, 6.45) is 2.73. The molecule has 0 amide bonds. The molecule has 4 aromatic carbocycles. The van der Waals surface area contributed by atoms with E-state index in [9.17, 15) is 0 Å². The van der Waals surface area contributed by atoms with Crippen LogP contribution in [0, 0.1) is 5.41 Å². The van der Waals surface area contributed by atoms with Gasteiger partial charge in [0.15, 0.2) is 0 Å². The van der Waals surface area contributed by atoms with E-state index in [1.165, 1.54) is 60.0 Å². The van der Waals surface area contributed by atoms with Crippen LogP contribution in [0.2, 0.25) is 0 Å². The maximum Gasteiger partial charge on any atom is 0.116 e. The third kappa shape index (κ3) is 2.78. The molecule has 0 aliphatic rings. The quantitative estimate of drug-likeness (QED) is 0.193. The first kappa shape index (κ1) is 20.6. The maximum absolute atomic E-state index is 4.93. The normalized spacial score (nSPS) is 13.1. The van der Waals surface area contributed by atoms with Crippen LogP contribution in [0.15, 0.2) is 67.0 Å². The van der Waals surface area contributed by atoms with E-state index < -0.39 is 0 Å². The van der Waals surface area contributed by atoms with Gasteiger partial charge in [-0.2, -0.15) is 0 Å². The molecule has 172 valence electrons. The summed E-state index contributed by atoms with van der Waals surface area (Å²) in [5.41, 5.74) is 8.81. The zero-order valence-electron chi connectivity index (χ0n) is 21.0. The van der Waals surface area contributed by atoms with Crippen molar-refractivity contribution in [3.8, 4) is 0 Å². The topological polar surface area (TPSA) is 30.2 Å². The predicted octanol–water partition coefficient (Wildman–Crippen LogP) is 8.65. The van der Waals surface area contributed by atoms with E-state index in [0.717, 1.165) is 17.5 Å². The van der Waals surface area contributed by atoms with Gasteiger partial charge in [0.25, 0.3) is 0 Å². The Morgan fingerprint density at radius 3 is 2.31 bits per heavy atom. The number of pyridine rings is 1. The summed E-state index contributed by atoms with van der Waals surface area (Å²) >= 11 is 0. The molecule has 3 aromatic heterocycles. The summed E-state index contributed by atoms with van der Waals surface area (Å²) in [6.45, 7) is 11.6. The lowest BCUT2D eigenvalue weighted by atomic mass is 9.84. The molecular weight excluding hydrogens is 426 g/mol. The first-order valence-electron chi connectivity index (χ1n) is 12.6. The highest BCUT2D eigenvalue weighted by atomic mass is 14.9. The Balaban J connectivity index is 1.90. The number of hydrogen-bond donors (Lipinski definition) is 0. The summed E-state index contributed by atoms with van der Waals surface area (Å²) in [4.78, 5) is 9.70. The van der Waals surface area contributed by atoms with Crippen LogP contribution < -0.4 is 0 Å². The van der Waals surface area contributed by atoms with Crippen LogP contribution in [0.25, 0.3) is 59.9 Å². The van der Waals surface area contributed by atoms with Crippen molar-refractivity contribution in [3.05, 3.63) is 78.1 Å². The van der Waals surface area contributed by atoms with Crippen molar-refractivity contribution in [2.24, 2.45) is 5.41 Å². The first-order valence-corrected chi connectivity index (χ1v) is 12.6. The first-order chi connectivity index (χ1) is 16.8. The Morgan fingerprint density at radius 1 is 0.800 bits per heavy atom. The highest BCUT2D eigenvalue weighted by Gasteiger charge is 2.26. The van der Waals surface area contributed by atoms with Crippen LogP contribution in [0.5, 0.6) is 0 Å². The molecule has 7 aromatic rings. The highest BCUT2D eigenvalue weighted by Crippen LogP contribution is 2.45. The van der Waals surface area contributed by atoms with Gasteiger partial charge >= 0.3 is 0 Å². The highest BCUT2D eigenvalue weighted by molar-refractivity contribution is 6.29. The van der Waals surface area contributed by atoms with Crippen molar-refractivity contribution in [3.63, 3.8) is 0 Å². The second-order valence-electron chi connectivity index (χ2n) is 11.5. The van der Waals surface area contributed by atoms with Crippen molar-refractivity contribution < 1.29 is 0 Å². The molecule has 0 atom stereocenters. The summed E-state index contributed by atoms with van der Waals surface area (Å²) in [7, 11) is 0. The minimum atomic E-state index is 0.140. The van der Waals surface area contributed by atoms with Gasteiger partial charge in [-0.15, -0.1) is 0 Å². The monoisotopic (exact) mass is 455 g/mol. The molecule has 0 radical (unpaired) electrons. The number of hydrogen-bond acceptors (Lipinski definition) is 2. The molecule has 7 rings (SSSR count). The van der Waals surface area contributed by atoms with Crippen molar-refractivity contribution in [1.29, 1.82) is 0 Å². The fraction of sp³-hybridized carbons (Fsp3) is 0.250. The van der Waals surface area contributed by atoms with E-state index in [0.29, 0.717) is 5.92 Å². The van der Waals surface area contributed by atoms with E-state index in [1.807, 2.05) is 0 Å². The van der Waals surface area contributed by atoms with E-state index in [4.69, 9.17) is 9.97 Å². The van der Waals surface area contributed by atoms with Gasteiger partial charge in [0.05, 0.1) is 33.0 Å². The van der Waals surface area contributed by atoms with E-state index in [-0.39, 0.29) is 5.41 Å². The summed E-state index contributed by atoms with van der Waals surface area (Å²) in [6, 6.07) is 22.4. The third-order valence-corrected chi connectivity index (χ3v) is 7.50. The molecule has 0 unspecified atom stereocenters. The van der Waals surface area contributed by atoms with Gasteiger partial charge in [0.2, 0.25) is 0 Å². The second-order valence-corrected chi connectivity index (χ2v) is 11.5. The van der Waals surface area contributed by atoms with Crippen LogP contribution in [-0.2, 0) is 6.42 Å². The van der Waals surface area contributed by atoms with Gasteiger partial charge in [-0.25, -0.2) is 9.97 Å². The van der Waals surface area contributed by atoms with Crippen molar-refractivity contribution in [1.82, 2.24) is 14.4 Å². The molecule has 0 spiro atoms. The second kappa shape index (κ2) is 6.91. The average molecular weight is 456 g/mol. The third-order valence-electron chi connectivity index (χ3n) is 7.50. The standard InChI is InChI=1S/C32H29N3/c1-18(2)22-15-25-28-29(34-17-33-25)23-14-19-10-6-7-11-20(19)24(16-32(3,4)5)30(23)35-26-13-9-8-12-21(26)27(22)31(28)35/h6-15,17-18H,16H2,1-5H3. The van der Waals surface area contributed by atoms with E-state index in [2.05, 4.69) is 99.7 Å². The summed E-state index contributed by atoms with van der Waals surface area (Å²) in [5.74, 6) is 0.393. The zero-order chi connectivity index (χ0) is 24.1. The molecule has 0 bridgehead atoms. The number of aromatic nitrogens is 3. The van der Waals surface area contributed by atoms with Crippen molar-refractivity contribution >= 4 is 59.9 Å². The Bertz CT molecular complexity index is 1930. The zero-order valence-corrected chi connectivity index (χ0v) is 21.0. The Kier molecular flexibility index (Phi) is 4.08. The maximum atomic E-state index is 4.93. The fourth-order valence-electron chi connectivity index (χ4n) is 6.18.